The molecule has 5 nitrogen and oxygen atoms in total. The molecule has 0 fully saturated rings. The monoisotopic (exact) mass is 300 g/mol. The summed E-state index contributed by atoms with van der Waals surface area (Å²) in [5, 5.41) is 13.9. The largest absolute Gasteiger partial charge is 0.550 e. The van der Waals surface area contributed by atoms with Crippen LogP contribution in [0, 0.1) is 11.8 Å². The third-order valence-corrected chi connectivity index (χ3v) is 3.95. The number of amides is 1. The molecule has 1 aliphatic carbocycles. The van der Waals surface area contributed by atoms with Crippen LogP contribution < -0.4 is 10.4 Å². The molecule has 0 unspecified atom stereocenters. The van der Waals surface area contributed by atoms with Crippen molar-refractivity contribution in [2.45, 2.75) is 26.7 Å². The number of Topliss-reactive ketones (excluding diaryl/α,β-unsaturated/α-hetero) is 1. The van der Waals surface area contributed by atoms with Crippen LogP contribution in [0.5, 0.6) is 0 Å². The van der Waals surface area contributed by atoms with Gasteiger partial charge in [0.05, 0.1) is 5.92 Å². The van der Waals surface area contributed by atoms with E-state index in [-0.39, 0.29) is 11.7 Å². The number of aliphatic carboxylic acids is 1. The summed E-state index contributed by atoms with van der Waals surface area (Å²) in [4.78, 5) is 34.7. The van der Waals surface area contributed by atoms with E-state index in [9.17, 15) is 19.5 Å². The predicted octanol–water partition coefficient (Wildman–Crippen LogP) is 1.55. The smallest absolute Gasteiger partial charge is 0.228 e. The molecule has 5 heteroatoms. The minimum absolute atomic E-state index is 0.0530. The molecular weight excluding hydrogens is 282 g/mol. The van der Waals surface area contributed by atoms with Crippen LogP contribution in [0.2, 0.25) is 0 Å². The van der Waals surface area contributed by atoms with Crippen molar-refractivity contribution in [2.24, 2.45) is 11.8 Å². The Labute approximate surface area is 129 Å². The van der Waals surface area contributed by atoms with Crippen LogP contribution in [0.1, 0.15) is 37.0 Å². The first-order valence-electron chi connectivity index (χ1n) is 7.17. The van der Waals surface area contributed by atoms with E-state index in [0.29, 0.717) is 24.1 Å². The molecule has 0 aromatic heterocycles. The lowest BCUT2D eigenvalue weighted by Crippen LogP contribution is -2.42. The number of anilines is 1. The Morgan fingerprint density at radius 1 is 1.14 bits per heavy atom. The molecule has 22 heavy (non-hydrogen) atoms. The summed E-state index contributed by atoms with van der Waals surface area (Å²) in [6.45, 7) is 3.32. The van der Waals surface area contributed by atoms with Crippen molar-refractivity contribution in [1.29, 1.82) is 0 Å². The highest BCUT2D eigenvalue weighted by molar-refractivity contribution is 5.97. The van der Waals surface area contributed by atoms with Crippen molar-refractivity contribution in [3.63, 3.8) is 0 Å². The van der Waals surface area contributed by atoms with Gasteiger partial charge < -0.3 is 15.2 Å². The van der Waals surface area contributed by atoms with Crippen LogP contribution in [0.4, 0.5) is 5.69 Å². The summed E-state index contributed by atoms with van der Waals surface area (Å²) in [6.07, 6.45) is 2.62. The van der Waals surface area contributed by atoms with Crippen LogP contribution in [-0.2, 0) is 9.59 Å². The number of nitrogens with one attached hydrogen (secondary N) is 1. The zero-order valence-corrected chi connectivity index (χ0v) is 12.6. The van der Waals surface area contributed by atoms with Gasteiger partial charge in [-0.3, -0.25) is 9.59 Å². The van der Waals surface area contributed by atoms with Gasteiger partial charge in [0, 0.05) is 23.1 Å². The van der Waals surface area contributed by atoms with Gasteiger partial charge in [-0.05, 0) is 51.0 Å². The Kier molecular flexibility index (Phi) is 4.75. The molecule has 1 aromatic carbocycles. The van der Waals surface area contributed by atoms with E-state index in [1.807, 2.05) is 13.0 Å². The number of benzene rings is 1. The number of ketones is 1. The first kappa shape index (κ1) is 15.9. The molecule has 0 saturated carbocycles. The topological polar surface area (TPSA) is 86.3 Å². The van der Waals surface area contributed by atoms with Gasteiger partial charge in [-0.1, -0.05) is 11.6 Å². The molecule has 1 aliphatic rings. The van der Waals surface area contributed by atoms with Crippen molar-refractivity contribution < 1.29 is 19.5 Å². The molecule has 0 radical (unpaired) electrons. The number of rotatable bonds is 4. The average molecular weight is 300 g/mol. The van der Waals surface area contributed by atoms with Crippen molar-refractivity contribution in [3.05, 3.63) is 41.5 Å². The third kappa shape index (κ3) is 3.61. The van der Waals surface area contributed by atoms with Crippen LogP contribution in [0.15, 0.2) is 35.9 Å². The van der Waals surface area contributed by atoms with Gasteiger partial charge in [0.25, 0.3) is 0 Å². The number of carbonyl (C=O) groups excluding carboxylic acids is 3. The van der Waals surface area contributed by atoms with Gasteiger partial charge in [-0.15, -0.1) is 0 Å². The molecule has 2 atom stereocenters. The highest BCUT2D eigenvalue weighted by atomic mass is 16.4. The summed E-state index contributed by atoms with van der Waals surface area (Å²) in [6, 6.07) is 6.51. The van der Waals surface area contributed by atoms with Crippen LogP contribution in [0.3, 0.4) is 0 Å². The van der Waals surface area contributed by atoms with Crippen LogP contribution in [0.25, 0.3) is 0 Å². The molecule has 1 amide bonds. The maximum absolute atomic E-state index is 12.3. The van der Waals surface area contributed by atoms with E-state index < -0.39 is 17.8 Å². The molecule has 2 rings (SSSR count). The van der Waals surface area contributed by atoms with Gasteiger partial charge in [-0.2, -0.15) is 0 Å². The Hall–Kier alpha value is -2.43. The number of carboxylic acids is 1. The number of hydrogen-bond donors (Lipinski definition) is 1. The Morgan fingerprint density at radius 3 is 2.32 bits per heavy atom. The fourth-order valence-electron chi connectivity index (χ4n) is 2.63. The molecule has 0 aliphatic heterocycles. The van der Waals surface area contributed by atoms with Crippen molar-refractivity contribution in [3.8, 4) is 0 Å². The van der Waals surface area contributed by atoms with Gasteiger partial charge in [-0.25, -0.2) is 0 Å². The van der Waals surface area contributed by atoms with Gasteiger partial charge in [0.15, 0.2) is 5.78 Å². The van der Waals surface area contributed by atoms with E-state index in [0.717, 1.165) is 5.57 Å². The van der Waals surface area contributed by atoms with E-state index >= 15 is 0 Å². The highest BCUT2D eigenvalue weighted by Gasteiger charge is 2.31. The molecule has 0 heterocycles. The van der Waals surface area contributed by atoms with Crippen molar-refractivity contribution in [2.75, 3.05) is 5.32 Å². The molecule has 1 aromatic rings. The molecule has 0 spiro atoms. The second kappa shape index (κ2) is 6.56. The van der Waals surface area contributed by atoms with E-state index in [2.05, 4.69) is 5.32 Å². The first-order chi connectivity index (χ1) is 10.4. The maximum atomic E-state index is 12.3. The molecule has 1 N–H and O–H groups in total. The van der Waals surface area contributed by atoms with Crippen molar-refractivity contribution in [1.82, 2.24) is 0 Å². The lowest BCUT2D eigenvalue weighted by Gasteiger charge is -2.30. The summed E-state index contributed by atoms with van der Waals surface area (Å²) < 4.78 is 0. The Balaban J connectivity index is 2.10. The van der Waals surface area contributed by atoms with Gasteiger partial charge in [0.2, 0.25) is 5.91 Å². The second-order valence-corrected chi connectivity index (χ2v) is 5.65. The standard InChI is InChI=1S/C17H19NO4/c1-10-3-8-14(15(9-10)17(21)22)16(20)18-13-6-4-12(5-7-13)11(2)19/h3-7,14-15H,8-9H2,1-2H3,(H,18,20)(H,21,22)/p-1/t14-,15+/m1/s1. The zero-order valence-electron chi connectivity index (χ0n) is 12.6. The number of allylic oxidation sites excluding steroid dienone is 2. The molecule has 0 saturated heterocycles. The summed E-state index contributed by atoms with van der Waals surface area (Å²) >= 11 is 0. The van der Waals surface area contributed by atoms with Crippen molar-refractivity contribution >= 4 is 23.3 Å². The fourth-order valence-corrected chi connectivity index (χ4v) is 2.63. The molecular formula is C17H18NO4-. The SMILES string of the molecule is CC(=O)c1ccc(NC(=O)[C@@H]2CC=C(C)C[C@@H]2C(=O)[O-])cc1. The lowest BCUT2D eigenvalue weighted by atomic mass is 9.79. The quantitative estimate of drug-likeness (QED) is 0.675. The number of hydrogen-bond acceptors (Lipinski definition) is 4. The molecule has 116 valence electrons. The van der Waals surface area contributed by atoms with E-state index in [1.165, 1.54) is 6.92 Å². The van der Waals surface area contributed by atoms with Gasteiger partial charge in [0.1, 0.15) is 0 Å². The number of carbonyl (C=O) groups is 3. The first-order valence-corrected chi connectivity index (χ1v) is 7.17. The maximum Gasteiger partial charge on any atom is 0.228 e. The minimum atomic E-state index is -1.19. The molecule has 0 bridgehead atoms. The van der Waals surface area contributed by atoms with E-state index in [4.69, 9.17) is 0 Å². The second-order valence-electron chi connectivity index (χ2n) is 5.65. The number of carboxylic acid groups (broad SMARTS) is 1. The summed E-state index contributed by atoms with van der Waals surface area (Å²) in [7, 11) is 0. The Morgan fingerprint density at radius 2 is 1.77 bits per heavy atom. The summed E-state index contributed by atoms with van der Waals surface area (Å²) in [5.41, 5.74) is 2.06. The van der Waals surface area contributed by atoms with Crippen LogP contribution in [-0.4, -0.2) is 17.7 Å². The third-order valence-electron chi connectivity index (χ3n) is 3.95. The Bertz CT molecular complexity index is 631. The van der Waals surface area contributed by atoms with Crippen LogP contribution >= 0.6 is 0 Å². The predicted molar refractivity (Wildman–Crippen MR) is 80.1 cm³/mol. The zero-order chi connectivity index (χ0) is 16.3. The normalized spacial score (nSPS) is 20.9. The fraction of sp³-hybridized carbons (Fsp3) is 0.353. The van der Waals surface area contributed by atoms with E-state index in [1.54, 1.807) is 24.3 Å². The minimum Gasteiger partial charge on any atom is -0.550 e. The highest BCUT2D eigenvalue weighted by Crippen LogP contribution is 2.30. The lowest BCUT2D eigenvalue weighted by molar-refractivity contribution is -0.313. The van der Waals surface area contributed by atoms with Gasteiger partial charge >= 0.3 is 0 Å². The average Bonchev–Trinajstić information content (AvgIpc) is 2.47. The summed E-state index contributed by atoms with van der Waals surface area (Å²) in [5.74, 6) is -3.03.